The van der Waals surface area contributed by atoms with Gasteiger partial charge in [-0.15, -0.1) is 0 Å². The molecule has 0 saturated heterocycles. The summed E-state index contributed by atoms with van der Waals surface area (Å²) in [7, 11) is 1.36. The quantitative estimate of drug-likeness (QED) is 0.289. The van der Waals surface area contributed by atoms with Crippen molar-refractivity contribution < 1.29 is 19.1 Å². The Morgan fingerprint density at radius 3 is 2.73 bits per heavy atom. The van der Waals surface area contributed by atoms with Crippen molar-refractivity contribution in [3.8, 4) is 0 Å². The fraction of sp³-hybridized carbons (Fsp3) is 0.545. The van der Waals surface area contributed by atoms with E-state index in [1.165, 1.54) is 20.0 Å². The van der Waals surface area contributed by atoms with Crippen molar-refractivity contribution in [2.45, 2.75) is 51.7 Å². The maximum absolute atomic E-state index is 12.7. The number of allylic oxidation sites excluding steroid dienone is 2. The lowest BCUT2D eigenvalue weighted by atomic mass is 9.97. The molecule has 0 N–H and O–H groups in total. The summed E-state index contributed by atoms with van der Waals surface area (Å²) < 4.78 is 11.0. The van der Waals surface area contributed by atoms with Crippen LogP contribution >= 0.6 is 0 Å². The summed E-state index contributed by atoms with van der Waals surface area (Å²) in [5.41, 5.74) is 0.0694. The highest BCUT2D eigenvalue weighted by molar-refractivity contribution is 6.11. The van der Waals surface area contributed by atoms with Gasteiger partial charge in [0.2, 0.25) is 0 Å². The Bertz CT molecular complexity index is 666. The maximum Gasteiger partial charge on any atom is 0.320 e. The van der Waals surface area contributed by atoms with E-state index in [9.17, 15) is 9.59 Å². The molecule has 2 unspecified atom stereocenters. The van der Waals surface area contributed by atoms with Gasteiger partial charge in [-0.1, -0.05) is 62.2 Å². The summed E-state index contributed by atoms with van der Waals surface area (Å²) in [6, 6.07) is 9.90. The zero-order valence-electron chi connectivity index (χ0n) is 15.6. The van der Waals surface area contributed by atoms with Crippen LogP contribution in [0.25, 0.3) is 0 Å². The number of hydrogen-bond donors (Lipinski definition) is 0. The van der Waals surface area contributed by atoms with Gasteiger partial charge in [-0.3, -0.25) is 9.59 Å². The minimum absolute atomic E-state index is 0.0318. The van der Waals surface area contributed by atoms with Crippen LogP contribution in [0.2, 0.25) is 0 Å². The van der Waals surface area contributed by atoms with Gasteiger partial charge < -0.3 is 9.47 Å². The number of carbonyl (C=O) groups excluding carboxylic acids is 2. The molecule has 0 spiro atoms. The van der Waals surface area contributed by atoms with Crippen molar-refractivity contribution in [2.75, 3.05) is 7.11 Å². The van der Waals surface area contributed by atoms with Gasteiger partial charge in [0, 0.05) is 18.3 Å². The SMILES string of the molecule is CCCCCC=CC1[C@H]2C(OCc3ccccc3)CC(=O)[C@]12C(=O)OC. The van der Waals surface area contributed by atoms with Crippen molar-refractivity contribution in [3.05, 3.63) is 48.0 Å². The number of unbranched alkanes of at least 4 members (excludes halogenated alkanes) is 3. The standard InChI is InChI=1S/C22H28O4/c1-3-4-5-6-10-13-17-20-18(26-15-16-11-8-7-9-12-16)14-19(23)22(17,20)21(24)25-2/h7-13,17-18,20H,3-6,14-15H2,1-2H3/t17?,18?,20-,22+/m0/s1. The Morgan fingerprint density at radius 2 is 2.04 bits per heavy atom. The molecule has 2 fully saturated rings. The molecule has 0 amide bonds. The van der Waals surface area contributed by atoms with Crippen LogP contribution in [-0.4, -0.2) is 25.0 Å². The predicted octanol–water partition coefficient (Wildman–Crippen LogP) is 4.09. The van der Waals surface area contributed by atoms with Gasteiger partial charge in [0.15, 0.2) is 5.78 Å². The molecule has 26 heavy (non-hydrogen) atoms. The summed E-state index contributed by atoms with van der Waals surface area (Å²) in [5.74, 6) is -0.607. The number of ether oxygens (including phenoxy) is 2. The third-order valence-corrected chi connectivity index (χ3v) is 5.73. The molecule has 4 atom stereocenters. The van der Waals surface area contributed by atoms with Gasteiger partial charge in [0.1, 0.15) is 5.41 Å². The highest BCUT2D eigenvalue weighted by atomic mass is 16.5. The number of fused-ring (bicyclic) bond motifs is 1. The number of methoxy groups -OCH3 is 1. The first-order chi connectivity index (χ1) is 12.7. The van der Waals surface area contributed by atoms with Crippen LogP contribution in [0.1, 0.15) is 44.6 Å². The van der Waals surface area contributed by atoms with Crippen LogP contribution in [0.4, 0.5) is 0 Å². The zero-order valence-corrected chi connectivity index (χ0v) is 15.6. The maximum atomic E-state index is 12.7. The zero-order chi connectivity index (χ0) is 18.6. The van der Waals surface area contributed by atoms with E-state index < -0.39 is 11.4 Å². The van der Waals surface area contributed by atoms with Crippen LogP contribution in [0, 0.1) is 17.3 Å². The normalized spacial score (nSPS) is 29.8. The number of benzene rings is 1. The van der Waals surface area contributed by atoms with E-state index in [1.54, 1.807) is 0 Å². The summed E-state index contributed by atoms with van der Waals surface area (Å²) in [6.07, 6.45) is 8.75. The Kier molecular flexibility index (Phi) is 5.92. The average molecular weight is 356 g/mol. The van der Waals surface area contributed by atoms with E-state index in [0.717, 1.165) is 18.4 Å². The number of hydrogen-bond acceptors (Lipinski definition) is 4. The summed E-state index contributed by atoms with van der Waals surface area (Å²) in [6.45, 7) is 2.63. The summed E-state index contributed by atoms with van der Waals surface area (Å²) >= 11 is 0. The number of esters is 1. The van der Waals surface area contributed by atoms with Crippen molar-refractivity contribution in [1.82, 2.24) is 0 Å². The second-order valence-electron chi connectivity index (χ2n) is 7.30. The van der Waals surface area contributed by atoms with E-state index in [2.05, 4.69) is 13.0 Å². The molecule has 0 aromatic heterocycles. The molecule has 0 aliphatic heterocycles. The van der Waals surface area contributed by atoms with Crippen LogP contribution < -0.4 is 0 Å². The third kappa shape index (κ3) is 3.35. The first-order valence-electron chi connectivity index (χ1n) is 9.60. The summed E-state index contributed by atoms with van der Waals surface area (Å²) in [5, 5.41) is 0. The predicted molar refractivity (Wildman–Crippen MR) is 99.4 cm³/mol. The highest BCUT2D eigenvalue weighted by Crippen LogP contribution is 2.68. The third-order valence-electron chi connectivity index (χ3n) is 5.73. The molecule has 1 aromatic carbocycles. The molecule has 3 rings (SSSR count). The fourth-order valence-electron chi connectivity index (χ4n) is 4.34. The second-order valence-corrected chi connectivity index (χ2v) is 7.30. The number of carbonyl (C=O) groups is 2. The molecule has 0 heterocycles. The minimum Gasteiger partial charge on any atom is -0.468 e. The molecule has 0 radical (unpaired) electrons. The second kappa shape index (κ2) is 8.17. The van der Waals surface area contributed by atoms with Gasteiger partial charge in [0.05, 0.1) is 19.8 Å². The van der Waals surface area contributed by atoms with E-state index in [-0.39, 0.29) is 23.7 Å². The number of rotatable bonds is 9. The smallest absolute Gasteiger partial charge is 0.320 e. The molecular formula is C22H28O4. The number of ketones is 1. The first-order valence-corrected chi connectivity index (χ1v) is 9.60. The van der Waals surface area contributed by atoms with Crippen LogP contribution in [0.3, 0.4) is 0 Å². The molecular weight excluding hydrogens is 328 g/mol. The Morgan fingerprint density at radius 1 is 1.27 bits per heavy atom. The van der Waals surface area contributed by atoms with E-state index in [4.69, 9.17) is 9.47 Å². The van der Waals surface area contributed by atoms with Crippen molar-refractivity contribution >= 4 is 11.8 Å². The van der Waals surface area contributed by atoms with E-state index >= 15 is 0 Å². The topological polar surface area (TPSA) is 52.6 Å². The minimum atomic E-state index is -1.00. The monoisotopic (exact) mass is 356 g/mol. The lowest BCUT2D eigenvalue weighted by Gasteiger charge is -2.14. The van der Waals surface area contributed by atoms with E-state index in [1.807, 2.05) is 36.4 Å². The fourth-order valence-corrected chi connectivity index (χ4v) is 4.34. The largest absolute Gasteiger partial charge is 0.468 e. The van der Waals surface area contributed by atoms with Crippen molar-refractivity contribution in [1.29, 1.82) is 0 Å². The molecule has 4 heteroatoms. The highest BCUT2D eigenvalue weighted by Gasteiger charge is 2.79. The molecule has 1 aromatic rings. The Balaban J connectivity index is 1.68. The van der Waals surface area contributed by atoms with Gasteiger partial charge in [-0.2, -0.15) is 0 Å². The van der Waals surface area contributed by atoms with Gasteiger partial charge in [-0.05, 0) is 18.4 Å². The van der Waals surface area contributed by atoms with Crippen molar-refractivity contribution in [3.63, 3.8) is 0 Å². The van der Waals surface area contributed by atoms with Crippen LogP contribution in [0.5, 0.6) is 0 Å². The van der Waals surface area contributed by atoms with Gasteiger partial charge in [0.25, 0.3) is 0 Å². The molecule has 2 aliphatic rings. The molecule has 140 valence electrons. The lowest BCUT2D eigenvalue weighted by molar-refractivity contribution is -0.151. The Labute approximate surface area is 155 Å². The summed E-state index contributed by atoms with van der Waals surface area (Å²) in [4.78, 5) is 25.1. The van der Waals surface area contributed by atoms with Gasteiger partial charge in [-0.25, -0.2) is 0 Å². The first kappa shape index (κ1) is 18.8. The number of Topliss-reactive ketones (excluding diaryl/α,β-unsaturated/α-hetero) is 1. The average Bonchev–Trinajstić information content (AvgIpc) is 3.24. The van der Waals surface area contributed by atoms with Crippen molar-refractivity contribution in [2.24, 2.45) is 17.3 Å². The lowest BCUT2D eigenvalue weighted by Crippen LogP contribution is -2.27. The van der Waals surface area contributed by atoms with Gasteiger partial charge >= 0.3 is 5.97 Å². The molecule has 0 bridgehead atoms. The van der Waals surface area contributed by atoms with Crippen LogP contribution in [-0.2, 0) is 25.7 Å². The van der Waals surface area contributed by atoms with Crippen LogP contribution in [0.15, 0.2) is 42.5 Å². The molecule has 2 saturated carbocycles. The Hall–Kier alpha value is -1.94. The van der Waals surface area contributed by atoms with E-state index in [0.29, 0.717) is 13.0 Å². The molecule has 4 nitrogen and oxygen atoms in total. The molecule has 2 aliphatic carbocycles.